The number of carbonyl (C=O) groups excluding carboxylic acids is 1. The third-order valence-electron chi connectivity index (χ3n) is 4.59. The maximum atomic E-state index is 14.0. The molecule has 28 heavy (non-hydrogen) atoms. The molecule has 1 atom stereocenters. The van der Waals surface area contributed by atoms with Crippen LogP contribution in [0.3, 0.4) is 0 Å². The first-order valence-electron chi connectivity index (χ1n) is 8.68. The minimum Gasteiger partial charge on any atom is -0.307 e. The number of carbonyl (C=O) groups is 1. The van der Waals surface area contributed by atoms with Crippen LogP contribution in [0, 0.1) is 26.6 Å². The molecule has 6 nitrogen and oxygen atoms in total. The molecule has 2 heterocycles. The van der Waals surface area contributed by atoms with Crippen molar-refractivity contribution in [1.82, 2.24) is 19.6 Å². The zero-order valence-electron chi connectivity index (χ0n) is 15.9. The lowest BCUT2D eigenvalue weighted by Gasteiger charge is -2.13. The minimum absolute atomic E-state index is 0.174. The molecule has 9 heteroatoms. The van der Waals surface area contributed by atoms with Gasteiger partial charge in [0.1, 0.15) is 11.9 Å². The van der Waals surface area contributed by atoms with Gasteiger partial charge in [0.15, 0.2) is 5.82 Å². The van der Waals surface area contributed by atoms with E-state index in [-0.39, 0.29) is 12.5 Å². The normalized spacial score (nSPS) is 12.2. The lowest BCUT2D eigenvalue weighted by atomic mass is 10.2. The van der Waals surface area contributed by atoms with Gasteiger partial charge in [-0.25, -0.2) is 4.39 Å². The molecule has 0 saturated carbocycles. The van der Waals surface area contributed by atoms with Gasteiger partial charge in [-0.15, -0.1) is 0 Å². The van der Waals surface area contributed by atoms with Gasteiger partial charge in [-0.05, 0) is 55.8 Å². The molecule has 0 radical (unpaired) electrons. The Hall–Kier alpha value is -2.19. The fourth-order valence-electron chi connectivity index (χ4n) is 2.93. The summed E-state index contributed by atoms with van der Waals surface area (Å²) < 4.78 is 18.2. The molecular weight excluding hydrogens is 449 g/mol. The van der Waals surface area contributed by atoms with Gasteiger partial charge in [-0.3, -0.25) is 14.2 Å². The third kappa shape index (κ3) is 3.98. The number of anilines is 1. The van der Waals surface area contributed by atoms with Crippen molar-refractivity contribution < 1.29 is 9.18 Å². The number of aromatic nitrogens is 4. The fourth-order valence-corrected chi connectivity index (χ4v) is 3.41. The highest BCUT2D eigenvalue weighted by Gasteiger charge is 2.21. The van der Waals surface area contributed by atoms with Crippen molar-refractivity contribution in [2.75, 3.05) is 5.32 Å². The van der Waals surface area contributed by atoms with Crippen molar-refractivity contribution >= 4 is 39.3 Å². The van der Waals surface area contributed by atoms with Gasteiger partial charge in [0.05, 0.1) is 22.4 Å². The fraction of sp³-hybridized carbons (Fsp3) is 0.316. The largest absolute Gasteiger partial charge is 0.307 e. The summed E-state index contributed by atoms with van der Waals surface area (Å²) in [6, 6.07) is 5.77. The summed E-state index contributed by atoms with van der Waals surface area (Å²) in [7, 11) is 0. The third-order valence-corrected chi connectivity index (χ3v) is 6.09. The van der Waals surface area contributed by atoms with E-state index in [0.29, 0.717) is 16.4 Å². The van der Waals surface area contributed by atoms with Crippen molar-refractivity contribution in [1.29, 1.82) is 0 Å². The van der Waals surface area contributed by atoms with Crippen LogP contribution in [0.15, 0.2) is 28.7 Å². The lowest BCUT2D eigenvalue weighted by molar-refractivity contribution is -0.119. The highest BCUT2D eigenvalue weighted by molar-refractivity contribution is 9.10. The topological polar surface area (TPSA) is 64.7 Å². The van der Waals surface area contributed by atoms with E-state index in [0.717, 1.165) is 21.6 Å². The summed E-state index contributed by atoms with van der Waals surface area (Å²) >= 11 is 9.57. The maximum absolute atomic E-state index is 14.0. The monoisotopic (exact) mass is 467 g/mol. The predicted molar refractivity (Wildman–Crippen MR) is 110 cm³/mol. The van der Waals surface area contributed by atoms with Crippen LogP contribution in [0.2, 0.25) is 5.02 Å². The number of nitrogens with zero attached hydrogens (tertiary/aromatic N) is 4. The van der Waals surface area contributed by atoms with Crippen molar-refractivity contribution in [2.45, 2.75) is 40.3 Å². The van der Waals surface area contributed by atoms with Gasteiger partial charge in [0, 0.05) is 22.3 Å². The summed E-state index contributed by atoms with van der Waals surface area (Å²) in [6.45, 7) is 7.54. The smallest absolute Gasteiger partial charge is 0.250 e. The Morgan fingerprint density at radius 1 is 1.32 bits per heavy atom. The average Bonchev–Trinajstić information content (AvgIpc) is 3.11. The predicted octanol–water partition coefficient (Wildman–Crippen LogP) is 4.81. The summed E-state index contributed by atoms with van der Waals surface area (Å²) in [5.41, 5.74) is 2.82. The number of nitrogens with one attached hydrogen (secondary N) is 1. The molecule has 0 aliphatic carbocycles. The zero-order valence-corrected chi connectivity index (χ0v) is 18.3. The van der Waals surface area contributed by atoms with Crippen molar-refractivity contribution in [3.63, 3.8) is 0 Å². The Labute approximate surface area is 175 Å². The average molecular weight is 469 g/mol. The standard InChI is InChI=1S/C19H20BrClFN5O/c1-10-8-17(25-26(10)9-14-15(21)6-5-7-16(14)22)23-19(28)13(4)27-12(3)18(20)11(2)24-27/h5-8,13H,9H2,1-4H3,(H,23,25,28). The lowest BCUT2D eigenvalue weighted by Crippen LogP contribution is -2.25. The molecule has 148 valence electrons. The summed E-state index contributed by atoms with van der Waals surface area (Å²) in [4.78, 5) is 12.7. The zero-order chi connectivity index (χ0) is 20.6. The number of aryl methyl sites for hydroxylation is 2. The molecule has 0 fully saturated rings. The molecule has 1 unspecified atom stereocenters. The van der Waals surface area contributed by atoms with E-state index in [4.69, 9.17) is 11.6 Å². The highest BCUT2D eigenvalue weighted by atomic mass is 79.9. The van der Waals surface area contributed by atoms with E-state index in [2.05, 4.69) is 31.4 Å². The molecule has 1 N–H and O–H groups in total. The first-order valence-corrected chi connectivity index (χ1v) is 9.85. The first kappa shape index (κ1) is 20.5. The second kappa shape index (κ2) is 8.05. The van der Waals surface area contributed by atoms with Crippen LogP contribution in [0.25, 0.3) is 0 Å². The first-order chi connectivity index (χ1) is 13.2. The van der Waals surface area contributed by atoms with Gasteiger partial charge < -0.3 is 5.32 Å². The molecule has 1 aromatic carbocycles. The highest BCUT2D eigenvalue weighted by Crippen LogP contribution is 2.24. The number of hydrogen-bond donors (Lipinski definition) is 1. The summed E-state index contributed by atoms with van der Waals surface area (Å²) in [6.07, 6.45) is 0. The molecule has 2 aromatic heterocycles. The Morgan fingerprint density at radius 2 is 2.04 bits per heavy atom. The van der Waals surface area contributed by atoms with Crippen LogP contribution in [0.4, 0.5) is 10.2 Å². The Bertz CT molecular complexity index is 1030. The Morgan fingerprint density at radius 3 is 2.64 bits per heavy atom. The molecular formula is C19H20BrClFN5O. The van der Waals surface area contributed by atoms with Crippen LogP contribution in [-0.4, -0.2) is 25.5 Å². The van der Waals surface area contributed by atoms with Gasteiger partial charge in [-0.2, -0.15) is 10.2 Å². The Balaban J connectivity index is 1.77. The molecule has 0 bridgehead atoms. The summed E-state index contributed by atoms with van der Waals surface area (Å²) in [5.74, 6) is -0.245. The van der Waals surface area contributed by atoms with Crippen LogP contribution >= 0.6 is 27.5 Å². The van der Waals surface area contributed by atoms with E-state index in [1.807, 2.05) is 20.8 Å². The van der Waals surface area contributed by atoms with E-state index in [1.54, 1.807) is 34.5 Å². The molecule has 3 rings (SSSR count). The van der Waals surface area contributed by atoms with Gasteiger partial charge in [0.2, 0.25) is 5.91 Å². The maximum Gasteiger partial charge on any atom is 0.250 e. The molecule has 0 aliphatic rings. The van der Waals surface area contributed by atoms with Crippen molar-refractivity contribution in [2.24, 2.45) is 0 Å². The quantitative estimate of drug-likeness (QED) is 0.584. The van der Waals surface area contributed by atoms with Gasteiger partial charge in [0.25, 0.3) is 0 Å². The number of amides is 1. The van der Waals surface area contributed by atoms with Gasteiger partial charge >= 0.3 is 0 Å². The Kier molecular flexibility index (Phi) is 5.90. The van der Waals surface area contributed by atoms with E-state index >= 15 is 0 Å². The molecule has 0 saturated heterocycles. The molecule has 0 aliphatic heterocycles. The van der Waals surface area contributed by atoms with Crippen molar-refractivity contribution in [3.8, 4) is 0 Å². The van der Waals surface area contributed by atoms with Crippen LogP contribution in [-0.2, 0) is 11.3 Å². The van der Waals surface area contributed by atoms with E-state index in [1.165, 1.54) is 6.07 Å². The van der Waals surface area contributed by atoms with Crippen molar-refractivity contribution in [3.05, 3.63) is 62.2 Å². The van der Waals surface area contributed by atoms with Crippen LogP contribution < -0.4 is 5.32 Å². The van der Waals surface area contributed by atoms with E-state index < -0.39 is 11.9 Å². The second-order valence-electron chi connectivity index (χ2n) is 6.62. The number of benzene rings is 1. The molecule has 3 aromatic rings. The van der Waals surface area contributed by atoms with Crippen LogP contribution in [0.1, 0.15) is 35.6 Å². The van der Waals surface area contributed by atoms with Gasteiger partial charge in [-0.1, -0.05) is 17.7 Å². The minimum atomic E-state index is -0.517. The number of halogens is 3. The van der Waals surface area contributed by atoms with Crippen LogP contribution in [0.5, 0.6) is 0 Å². The summed E-state index contributed by atoms with van der Waals surface area (Å²) in [5, 5.41) is 11.9. The van der Waals surface area contributed by atoms with E-state index in [9.17, 15) is 9.18 Å². The molecule has 1 amide bonds. The molecule has 0 spiro atoms. The number of rotatable bonds is 5. The SMILES string of the molecule is Cc1nn(C(C)C(=O)Nc2cc(C)n(Cc3c(F)cccc3Cl)n2)c(C)c1Br. The second-order valence-corrected chi connectivity index (χ2v) is 7.82. The number of hydrogen-bond acceptors (Lipinski definition) is 3.